The largest absolute Gasteiger partial charge is 0.479 e. The Morgan fingerprint density at radius 3 is 2.38 bits per heavy atom. The highest BCUT2D eigenvalue weighted by atomic mass is 32.2. The Labute approximate surface area is 153 Å². The number of aliphatic carboxylic acids is 1. The molecule has 0 saturated carbocycles. The molecule has 134 valence electrons. The van der Waals surface area contributed by atoms with Crippen molar-refractivity contribution in [1.82, 2.24) is 5.32 Å². The molecule has 0 aromatic heterocycles. The van der Waals surface area contributed by atoms with E-state index in [1.165, 1.54) is 11.8 Å². The molecule has 1 unspecified atom stereocenters. The third kappa shape index (κ3) is 5.94. The van der Waals surface area contributed by atoms with Crippen molar-refractivity contribution >= 4 is 42.0 Å². The van der Waals surface area contributed by atoms with E-state index in [2.05, 4.69) is 17.9 Å². The van der Waals surface area contributed by atoms with Crippen LogP contribution in [0.5, 0.6) is 0 Å². The molecule has 5 nitrogen and oxygen atoms in total. The van der Waals surface area contributed by atoms with Gasteiger partial charge >= 0.3 is 5.97 Å². The molecule has 0 aliphatic rings. The number of hydrogen-bond acceptors (Lipinski definition) is 5. The molecule has 1 aromatic rings. The number of carbonyl (C=O) groups is 2. The Balaban J connectivity index is 2.67. The van der Waals surface area contributed by atoms with Crippen molar-refractivity contribution in [1.29, 1.82) is 0 Å². The van der Waals surface area contributed by atoms with E-state index in [1.54, 1.807) is 6.92 Å². The Morgan fingerprint density at radius 1 is 1.29 bits per heavy atom. The van der Waals surface area contributed by atoms with E-state index in [9.17, 15) is 14.7 Å². The Bertz CT molecular complexity index is 549. The molecule has 24 heavy (non-hydrogen) atoms. The van der Waals surface area contributed by atoms with Gasteiger partial charge in [-0.05, 0) is 29.9 Å². The molecule has 0 aliphatic heterocycles. The van der Waals surface area contributed by atoms with Gasteiger partial charge in [0, 0.05) is 37.7 Å². The number of hydrogen-bond donors (Lipinski definition) is 3. The number of nitrogens with zero attached hydrogens (tertiary/aromatic N) is 1. The Morgan fingerprint density at radius 2 is 1.92 bits per heavy atom. The number of carbonyl (C=O) groups excluding carboxylic acids is 1. The second kappa shape index (κ2) is 9.84. The number of nitrogens with one attached hydrogen (secondary N) is 1. The van der Waals surface area contributed by atoms with Crippen LogP contribution in [0.3, 0.4) is 0 Å². The van der Waals surface area contributed by atoms with E-state index in [0.29, 0.717) is 23.7 Å². The van der Waals surface area contributed by atoms with E-state index in [4.69, 9.17) is 0 Å². The van der Waals surface area contributed by atoms with Crippen LogP contribution in [0, 0.1) is 0 Å². The summed E-state index contributed by atoms with van der Waals surface area (Å²) in [5, 5.41) is 12.3. The van der Waals surface area contributed by atoms with Gasteiger partial charge in [0.15, 0.2) is 0 Å². The number of thiol groups is 1. The minimum atomic E-state index is -1.23. The first-order valence-corrected chi connectivity index (χ1v) is 9.62. The van der Waals surface area contributed by atoms with Gasteiger partial charge in [-0.3, -0.25) is 4.79 Å². The summed E-state index contributed by atoms with van der Waals surface area (Å²) >= 11 is 5.53. The molecule has 0 aliphatic carbocycles. The molecule has 0 spiro atoms. The maximum Gasteiger partial charge on any atom is 0.330 e. The molecule has 1 atom stereocenters. The number of anilines is 1. The SMILES string of the molecule is CCC(CSCc1ccc(N(C)C)cc1)(NC(=O)CCS)C(=O)O. The highest BCUT2D eigenvalue weighted by Gasteiger charge is 2.38. The van der Waals surface area contributed by atoms with Crippen LogP contribution in [-0.4, -0.2) is 48.1 Å². The molecule has 0 fully saturated rings. The summed E-state index contributed by atoms with van der Waals surface area (Å²) < 4.78 is 0. The van der Waals surface area contributed by atoms with Crippen molar-refractivity contribution in [2.45, 2.75) is 31.1 Å². The third-order valence-corrected chi connectivity index (χ3v) is 5.26. The van der Waals surface area contributed by atoms with Crippen molar-refractivity contribution in [3.63, 3.8) is 0 Å². The fraction of sp³-hybridized carbons (Fsp3) is 0.529. The average molecular weight is 371 g/mol. The molecule has 1 aromatic carbocycles. The fourth-order valence-corrected chi connectivity index (χ4v) is 3.64. The monoisotopic (exact) mass is 370 g/mol. The first-order valence-electron chi connectivity index (χ1n) is 7.84. The van der Waals surface area contributed by atoms with Crippen molar-refractivity contribution < 1.29 is 14.7 Å². The first-order chi connectivity index (χ1) is 11.3. The second-order valence-corrected chi connectivity index (χ2v) is 7.25. The molecular weight excluding hydrogens is 344 g/mol. The van der Waals surface area contributed by atoms with E-state index < -0.39 is 11.5 Å². The molecule has 0 heterocycles. The zero-order valence-corrected chi connectivity index (χ0v) is 16.1. The normalized spacial score (nSPS) is 13.2. The Kier molecular flexibility index (Phi) is 8.48. The second-order valence-electron chi connectivity index (χ2n) is 5.82. The minimum Gasteiger partial charge on any atom is -0.479 e. The lowest BCUT2D eigenvalue weighted by molar-refractivity contribution is -0.146. The van der Waals surface area contributed by atoms with Crippen molar-refractivity contribution in [2.75, 3.05) is 30.5 Å². The van der Waals surface area contributed by atoms with Crippen LogP contribution in [0.25, 0.3) is 0 Å². The quantitative estimate of drug-likeness (QED) is 0.553. The van der Waals surface area contributed by atoms with Gasteiger partial charge in [-0.25, -0.2) is 4.79 Å². The number of benzene rings is 1. The number of carboxylic acid groups (broad SMARTS) is 1. The fourth-order valence-electron chi connectivity index (χ4n) is 2.16. The van der Waals surface area contributed by atoms with Crippen molar-refractivity contribution in [2.24, 2.45) is 0 Å². The maximum absolute atomic E-state index is 11.8. The molecule has 0 saturated heterocycles. The van der Waals surface area contributed by atoms with Gasteiger partial charge in [0.1, 0.15) is 5.54 Å². The summed E-state index contributed by atoms with van der Waals surface area (Å²) in [7, 11) is 3.97. The van der Waals surface area contributed by atoms with Gasteiger partial charge in [-0.1, -0.05) is 19.1 Å². The van der Waals surface area contributed by atoms with E-state index in [-0.39, 0.29) is 12.3 Å². The van der Waals surface area contributed by atoms with E-state index in [1.807, 2.05) is 43.3 Å². The standard InChI is InChI=1S/C17H26N2O3S2/c1-4-17(16(21)22,18-15(20)9-10-23)12-24-11-13-5-7-14(8-6-13)19(2)3/h5-8,23H,4,9-12H2,1-3H3,(H,18,20)(H,21,22). The van der Waals surface area contributed by atoms with Crippen molar-refractivity contribution in [3.05, 3.63) is 29.8 Å². The molecule has 1 rings (SSSR count). The maximum atomic E-state index is 11.8. The highest BCUT2D eigenvalue weighted by Crippen LogP contribution is 2.23. The van der Waals surface area contributed by atoms with Crippen LogP contribution < -0.4 is 10.2 Å². The van der Waals surface area contributed by atoms with Crippen LogP contribution >= 0.6 is 24.4 Å². The lowest BCUT2D eigenvalue weighted by Gasteiger charge is -2.29. The van der Waals surface area contributed by atoms with Crippen LogP contribution in [0.15, 0.2) is 24.3 Å². The summed E-state index contributed by atoms with van der Waals surface area (Å²) in [4.78, 5) is 25.5. The van der Waals surface area contributed by atoms with Gasteiger partial charge in [0.05, 0.1) is 0 Å². The first kappa shape index (κ1) is 20.7. The van der Waals surface area contributed by atoms with Crippen molar-refractivity contribution in [3.8, 4) is 0 Å². The highest BCUT2D eigenvalue weighted by molar-refractivity contribution is 7.98. The number of carboxylic acids is 1. The summed E-state index contributed by atoms with van der Waals surface area (Å²) in [5.41, 5.74) is 1.02. The zero-order chi connectivity index (χ0) is 18.2. The Hall–Kier alpha value is -1.34. The topological polar surface area (TPSA) is 69.6 Å². The van der Waals surface area contributed by atoms with Gasteiger partial charge < -0.3 is 15.3 Å². The predicted octanol–water partition coefficient (Wildman–Crippen LogP) is 2.66. The minimum absolute atomic E-state index is 0.217. The van der Waals surface area contributed by atoms with Crippen LogP contribution in [0.4, 0.5) is 5.69 Å². The average Bonchev–Trinajstić information content (AvgIpc) is 2.54. The lowest BCUT2D eigenvalue weighted by atomic mass is 9.98. The van der Waals surface area contributed by atoms with E-state index in [0.717, 1.165) is 11.3 Å². The smallest absolute Gasteiger partial charge is 0.330 e. The van der Waals surface area contributed by atoms with Crippen LogP contribution in [-0.2, 0) is 15.3 Å². The summed E-state index contributed by atoms with van der Waals surface area (Å²) in [6.07, 6.45) is 0.558. The van der Waals surface area contributed by atoms with Crippen LogP contribution in [0.2, 0.25) is 0 Å². The zero-order valence-electron chi connectivity index (χ0n) is 14.4. The van der Waals surface area contributed by atoms with Gasteiger partial charge in [-0.2, -0.15) is 24.4 Å². The molecular formula is C17H26N2O3S2. The number of rotatable bonds is 10. The molecule has 0 radical (unpaired) electrons. The number of amides is 1. The van der Waals surface area contributed by atoms with Gasteiger partial charge in [0.2, 0.25) is 5.91 Å². The number of thioether (sulfide) groups is 1. The van der Waals surface area contributed by atoms with Gasteiger partial charge in [0.25, 0.3) is 0 Å². The molecule has 1 amide bonds. The predicted molar refractivity (Wildman–Crippen MR) is 104 cm³/mol. The summed E-state index contributed by atoms with van der Waals surface area (Å²) in [5.74, 6) is 0.159. The lowest BCUT2D eigenvalue weighted by Crippen LogP contribution is -2.56. The molecule has 7 heteroatoms. The van der Waals surface area contributed by atoms with Crippen LogP contribution in [0.1, 0.15) is 25.3 Å². The summed E-state index contributed by atoms with van der Waals surface area (Å²) in [6, 6.07) is 8.15. The molecule has 2 N–H and O–H groups in total. The third-order valence-electron chi connectivity index (χ3n) is 3.80. The molecule has 0 bridgehead atoms. The van der Waals surface area contributed by atoms with E-state index >= 15 is 0 Å². The summed E-state index contributed by atoms with van der Waals surface area (Å²) in [6.45, 7) is 1.78. The van der Waals surface area contributed by atoms with Gasteiger partial charge in [-0.15, -0.1) is 0 Å².